The van der Waals surface area contributed by atoms with Gasteiger partial charge in [-0.25, -0.2) is 4.39 Å². The first-order chi connectivity index (χ1) is 8.99. The Morgan fingerprint density at radius 2 is 1.84 bits per heavy atom. The monoisotopic (exact) mass is 265 g/mol. The van der Waals surface area contributed by atoms with Gasteiger partial charge in [0.2, 0.25) is 0 Å². The van der Waals surface area contributed by atoms with Crippen LogP contribution in [0.3, 0.4) is 0 Å². The van der Waals surface area contributed by atoms with E-state index in [-0.39, 0.29) is 5.82 Å². The lowest BCUT2D eigenvalue weighted by atomic mass is 9.86. The van der Waals surface area contributed by atoms with Crippen LogP contribution >= 0.6 is 0 Å². The molecule has 1 saturated heterocycles. The Morgan fingerprint density at radius 1 is 1.21 bits per heavy atom. The fourth-order valence-electron chi connectivity index (χ4n) is 2.96. The van der Waals surface area contributed by atoms with Crippen LogP contribution in [-0.2, 0) is 0 Å². The molecule has 1 atom stereocenters. The van der Waals surface area contributed by atoms with Gasteiger partial charge in [-0.15, -0.1) is 0 Å². The number of anilines is 1. The third kappa shape index (κ3) is 3.27. The van der Waals surface area contributed by atoms with Crippen LogP contribution in [0.2, 0.25) is 0 Å². The van der Waals surface area contributed by atoms with E-state index in [1.54, 1.807) is 13.0 Å². The van der Waals surface area contributed by atoms with Crippen LogP contribution < -0.4 is 4.90 Å². The number of aliphatic hydroxyl groups excluding tert-OH is 1. The zero-order valence-electron chi connectivity index (χ0n) is 12.1. The minimum Gasteiger partial charge on any atom is -0.389 e. The Labute approximate surface area is 115 Å². The lowest BCUT2D eigenvalue weighted by Gasteiger charge is -2.36. The first-order valence-electron chi connectivity index (χ1n) is 7.21. The number of hydrogen-bond donors (Lipinski definition) is 1. The minimum absolute atomic E-state index is 0.281. The van der Waals surface area contributed by atoms with Gasteiger partial charge in [-0.2, -0.15) is 0 Å². The maximum Gasteiger partial charge on any atom is 0.123 e. The number of aliphatic hydroxyl groups is 1. The van der Waals surface area contributed by atoms with E-state index in [1.165, 1.54) is 25.0 Å². The molecular weight excluding hydrogens is 241 g/mol. The van der Waals surface area contributed by atoms with E-state index >= 15 is 0 Å². The predicted octanol–water partition coefficient (Wildman–Crippen LogP) is 3.75. The molecule has 0 radical (unpaired) electrons. The number of rotatable bonds is 3. The maximum atomic E-state index is 13.3. The fourth-order valence-corrected chi connectivity index (χ4v) is 2.96. The number of hydrogen-bond acceptors (Lipinski definition) is 2. The van der Waals surface area contributed by atoms with Gasteiger partial charge in [0.15, 0.2) is 0 Å². The van der Waals surface area contributed by atoms with Crippen LogP contribution in [0.5, 0.6) is 0 Å². The summed E-state index contributed by atoms with van der Waals surface area (Å²) >= 11 is 0. The second kappa shape index (κ2) is 5.91. The summed E-state index contributed by atoms with van der Waals surface area (Å²) in [6.07, 6.45) is 1.72. The Kier molecular flexibility index (Phi) is 4.46. The van der Waals surface area contributed by atoms with Gasteiger partial charge in [0, 0.05) is 24.3 Å². The normalized spacial score (nSPS) is 18.9. The van der Waals surface area contributed by atoms with Crippen molar-refractivity contribution in [1.82, 2.24) is 0 Å². The van der Waals surface area contributed by atoms with Crippen LogP contribution in [0, 0.1) is 17.7 Å². The molecule has 0 bridgehead atoms. The first-order valence-corrected chi connectivity index (χ1v) is 7.21. The summed E-state index contributed by atoms with van der Waals surface area (Å²) in [6, 6.07) is 4.73. The minimum atomic E-state index is -0.631. The number of piperidine rings is 1. The third-order valence-corrected chi connectivity index (χ3v) is 4.26. The molecule has 0 aliphatic carbocycles. The maximum absolute atomic E-state index is 13.3. The molecule has 1 aromatic carbocycles. The molecule has 3 heteroatoms. The molecule has 1 aromatic rings. The second-order valence-electron chi connectivity index (χ2n) is 5.95. The highest BCUT2D eigenvalue weighted by Gasteiger charge is 2.23. The topological polar surface area (TPSA) is 23.5 Å². The molecule has 0 amide bonds. The van der Waals surface area contributed by atoms with Gasteiger partial charge in [0.1, 0.15) is 5.82 Å². The van der Waals surface area contributed by atoms with Gasteiger partial charge in [-0.3, -0.25) is 0 Å². The smallest absolute Gasteiger partial charge is 0.123 e. The van der Waals surface area contributed by atoms with Gasteiger partial charge in [0.05, 0.1) is 6.10 Å². The average Bonchev–Trinajstić information content (AvgIpc) is 2.38. The van der Waals surface area contributed by atoms with Crippen molar-refractivity contribution in [3.8, 4) is 0 Å². The molecule has 19 heavy (non-hydrogen) atoms. The van der Waals surface area contributed by atoms with E-state index in [9.17, 15) is 9.50 Å². The highest BCUT2D eigenvalue weighted by atomic mass is 19.1. The standard InChI is InChI=1S/C16H24FNO/c1-11(2)13-6-8-18(9-7-13)16-5-4-14(17)10-15(16)12(3)19/h4-5,10-13,19H,6-9H2,1-3H3. The van der Waals surface area contributed by atoms with E-state index in [0.29, 0.717) is 5.56 Å². The van der Waals surface area contributed by atoms with Crippen molar-refractivity contribution in [3.63, 3.8) is 0 Å². The first kappa shape index (κ1) is 14.3. The number of halogens is 1. The lowest BCUT2D eigenvalue weighted by Crippen LogP contribution is -2.35. The summed E-state index contributed by atoms with van der Waals surface area (Å²) < 4.78 is 13.3. The van der Waals surface area contributed by atoms with Crippen LogP contribution in [0.4, 0.5) is 10.1 Å². The predicted molar refractivity (Wildman–Crippen MR) is 76.8 cm³/mol. The highest BCUT2D eigenvalue weighted by molar-refractivity contribution is 5.55. The molecule has 0 aromatic heterocycles. The van der Waals surface area contributed by atoms with Crippen LogP contribution in [-0.4, -0.2) is 18.2 Å². The SMILES string of the molecule is CC(O)c1cc(F)ccc1N1CCC(C(C)C)CC1. The summed E-state index contributed by atoms with van der Waals surface area (Å²) in [5.41, 5.74) is 1.68. The third-order valence-electron chi connectivity index (χ3n) is 4.26. The molecular formula is C16H24FNO. The molecule has 2 rings (SSSR count). The van der Waals surface area contributed by atoms with Crippen LogP contribution in [0.25, 0.3) is 0 Å². The Bertz CT molecular complexity index is 423. The molecule has 0 spiro atoms. The Morgan fingerprint density at radius 3 is 2.37 bits per heavy atom. The zero-order chi connectivity index (χ0) is 14.0. The van der Waals surface area contributed by atoms with Crippen molar-refractivity contribution in [2.75, 3.05) is 18.0 Å². The number of benzene rings is 1. The van der Waals surface area contributed by atoms with Crippen molar-refractivity contribution < 1.29 is 9.50 Å². The molecule has 1 aliphatic heterocycles. The molecule has 0 saturated carbocycles. The van der Waals surface area contributed by atoms with E-state index in [0.717, 1.165) is 30.6 Å². The summed E-state index contributed by atoms with van der Waals surface area (Å²) in [5.74, 6) is 1.23. The van der Waals surface area contributed by atoms with E-state index in [2.05, 4.69) is 18.7 Å². The largest absolute Gasteiger partial charge is 0.389 e. The average molecular weight is 265 g/mol. The summed E-state index contributed by atoms with van der Waals surface area (Å²) in [7, 11) is 0. The Hall–Kier alpha value is -1.09. The molecule has 1 N–H and O–H groups in total. The van der Waals surface area contributed by atoms with Crippen molar-refractivity contribution in [3.05, 3.63) is 29.6 Å². The lowest BCUT2D eigenvalue weighted by molar-refractivity contribution is 0.198. The van der Waals surface area contributed by atoms with Gasteiger partial charge >= 0.3 is 0 Å². The molecule has 106 valence electrons. The van der Waals surface area contributed by atoms with E-state index in [4.69, 9.17) is 0 Å². The van der Waals surface area contributed by atoms with Gasteiger partial charge in [-0.1, -0.05) is 13.8 Å². The van der Waals surface area contributed by atoms with Crippen molar-refractivity contribution in [2.24, 2.45) is 11.8 Å². The second-order valence-corrected chi connectivity index (χ2v) is 5.95. The molecule has 1 unspecified atom stereocenters. The van der Waals surface area contributed by atoms with Crippen LogP contribution in [0.15, 0.2) is 18.2 Å². The van der Waals surface area contributed by atoms with Gasteiger partial charge in [0.25, 0.3) is 0 Å². The van der Waals surface area contributed by atoms with Gasteiger partial charge in [-0.05, 0) is 49.8 Å². The highest BCUT2D eigenvalue weighted by Crippen LogP contribution is 2.32. The van der Waals surface area contributed by atoms with E-state index in [1.807, 2.05) is 0 Å². The quantitative estimate of drug-likeness (QED) is 0.899. The van der Waals surface area contributed by atoms with Crippen LogP contribution in [0.1, 0.15) is 45.3 Å². The summed E-state index contributed by atoms with van der Waals surface area (Å²) in [5, 5.41) is 9.81. The molecule has 1 fully saturated rings. The summed E-state index contributed by atoms with van der Waals surface area (Å²) in [6.45, 7) is 8.24. The molecule has 1 heterocycles. The fraction of sp³-hybridized carbons (Fsp3) is 0.625. The van der Waals surface area contributed by atoms with Crippen molar-refractivity contribution in [2.45, 2.75) is 39.7 Å². The molecule has 2 nitrogen and oxygen atoms in total. The van der Waals surface area contributed by atoms with Gasteiger partial charge < -0.3 is 10.0 Å². The van der Waals surface area contributed by atoms with Crippen molar-refractivity contribution in [1.29, 1.82) is 0 Å². The van der Waals surface area contributed by atoms with E-state index < -0.39 is 6.10 Å². The zero-order valence-corrected chi connectivity index (χ0v) is 12.1. The summed E-state index contributed by atoms with van der Waals surface area (Å²) in [4.78, 5) is 2.28. The Balaban J connectivity index is 2.15. The molecule has 1 aliphatic rings. The van der Waals surface area contributed by atoms with Crippen molar-refractivity contribution >= 4 is 5.69 Å². The number of nitrogens with zero attached hydrogens (tertiary/aromatic N) is 1.